The molecule has 140 valence electrons. The van der Waals surface area contributed by atoms with E-state index < -0.39 is 12.0 Å². The number of hydrogen-bond acceptors (Lipinski definition) is 4. The van der Waals surface area contributed by atoms with Crippen LogP contribution in [-0.2, 0) is 9.59 Å². The quantitative estimate of drug-likeness (QED) is 0.764. The number of aliphatic carboxylic acids is 1. The van der Waals surface area contributed by atoms with Crippen molar-refractivity contribution in [3.05, 3.63) is 29.8 Å². The Kier molecular flexibility index (Phi) is 5.71. The Hall–Kier alpha value is -2.21. The maximum atomic E-state index is 12.3. The average molecular weight is 358 g/mol. The van der Waals surface area contributed by atoms with Crippen LogP contribution in [0.15, 0.2) is 24.3 Å². The lowest BCUT2D eigenvalue weighted by Gasteiger charge is -2.32. The molecule has 2 aliphatic rings. The fraction of sp³-hybridized carbons (Fsp3) is 0.550. The maximum Gasteiger partial charge on any atom is 0.320 e. The van der Waals surface area contributed by atoms with Gasteiger partial charge in [-0.1, -0.05) is 12.8 Å². The molecule has 1 aromatic carbocycles. The number of amides is 1. The van der Waals surface area contributed by atoms with E-state index >= 15 is 0 Å². The standard InChI is InChI=1S/C20H26N2O4/c1-13(23)14-6-8-16(9-7-14)21-19(24)10-11-22-17-5-3-2-4-15(17)12-18(22)20(25)26/h6-9,15,17-18H,2-5,10-12H2,1H3,(H,21,24)(H,25,26). The van der Waals surface area contributed by atoms with E-state index in [1.54, 1.807) is 24.3 Å². The topological polar surface area (TPSA) is 86.7 Å². The first-order valence-corrected chi connectivity index (χ1v) is 9.35. The summed E-state index contributed by atoms with van der Waals surface area (Å²) >= 11 is 0. The van der Waals surface area contributed by atoms with E-state index in [4.69, 9.17) is 0 Å². The Bertz CT molecular complexity index is 686. The van der Waals surface area contributed by atoms with Gasteiger partial charge < -0.3 is 10.4 Å². The minimum atomic E-state index is -0.778. The Morgan fingerprint density at radius 1 is 1.15 bits per heavy atom. The lowest BCUT2D eigenvalue weighted by atomic mass is 9.85. The van der Waals surface area contributed by atoms with Gasteiger partial charge in [-0.05, 0) is 56.4 Å². The number of nitrogens with one attached hydrogen (secondary N) is 1. The predicted octanol–water partition coefficient (Wildman–Crippen LogP) is 2.94. The Labute approximate surface area is 153 Å². The van der Waals surface area contributed by atoms with E-state index in [9.17, 15) is 19.5 Å². The van der Waals surface area contributed by atoms with Crippen molar-refractivity contribution in [3.63, 3.8) is 0 Å². The summed E-state index contributed by atoms with van der Waals surface area (Å²) in [6.07, 6.45) is 5.41. The highest BCUT2D eigenvalue weighted by Crippen LogP contribution is 2.39. The van der Waals surface area contributed by atoms with Crippen LogP contribution in [0.25, 0.3) is 0 Å². The number of anilines is 1. The van der Waals surface area contributed by atoms with Gasteiger partial charge in [0, 0.05) is 30.3 Å². The number of Topliss-reactive ketones (excluding diaryl/α,β-unsaturated/α-hetero) is 1. The van der Waals surface area contributed by atoms with E-state index in [0.717, 1.165) is 19.3 Å². The summed E-state index contributed by atoms with van der Waals surface area (Å²) in [6, 6.07) is 6.62. The zero-order chi connectivity index (χ0) is 18.7. The van der Waals surface area contributed by atoms with Crippen molar-refractivity contribution in [1.82, 2.24) is 4.90 Å². The van der Waals surface area contributed by atoms with Crippen LogP contribution in [0.1, 0.15) is 55.8 Å². The maximum absolute atomic E-state index is 12.3. The molecule has 0 aromatic heterocycles. The molecule has 1 saturated heterocycles. The zero-order valence-corrected chi connectivity index (χ0v) is 15.1. The number of nitrogens with zero attached hydrogens (tertiary/aromatic N) is 1. The van der Waals surface area contributed by atoms with Gasteiger partial charge >= 0.3 is 5.97 Å². The van der Waals surface area contributed by atoms with Crippen molar-refractivity contribution >= 4 is 23.3 Å². The minimum Gasteiger partial charge on any atom is -0.480 e. The molecule has 2 fully saturated rings. The molecule has 0 radical (unpaired) electrons. The first-order valence-electron chi connectivity index (χ1n) is 9.35. The lowest BCUT2D eigenvalue weighted by Crippen LogP contribution is -2.43. The van der Waals surface area contributed by atoms with E-state index in [0.29, 0.717) is 36.2 Å². The second kappa shape index (κ2) is 7.99. The SMILES string of the molecule is CC(=O)c1ccc(NC(=O)CCN2C(C(=O)O)CC3CCCCC32)cc1. The Balaban J connectivity index is 1.57. The molecule has 3 rings (SSSR count). The van der Waals surface area contributed by atoms with E-state index in [1.165, 1.54) is 13.3 Å². The van der Waals surface area contributed by atoms with Gasteiger partial charge in [0.05, 0.1) is 0 Å². The smallest absolute Gasteiger partial charge is 0.320 e. The fourth-order valence-electron chi connectivity index (χ4n) is 4.36. The van der Waals surface area contributed by atoms with Crippen molar-refractivity contribution < 1.29 is 19.5 Å². The third-order valence-electron chi connectivity index (χ3n) is 5.68. The van der Waals surface area contributed by atoms with Crippen molar-refractivity contribution in [1.29, 1.82) is 0 Å². The van der Waals surface area contributed by atoms with Crippen molar-refractivity contribution in [2.75, 3.05) is 11.9 Å². The summed E-state index contributed by atoms with van der Waals surface area (Å²) in [5.41, 5.74) is 1.25. The van der Waals surface area contributed by atoms with Crippen LogP contribution in [0.4, 0.5) is 5.69 Å². The van der Waals surface area contributed by atoms with E-state index in [1.807, 2.05) is 4.90 Å². The van der Waals surface area contributed by atoms with Crippen LogP contribution < -0.4 is 5.32 Å². The van der Waals surface area contributed by atoms with Gasteiger partial charge in [0.15, 0.2) is 5.78 Å². The largest absolute Gasteiger partial charge is 0.480 e. The molecular formula is C20H26N2O4. The summed E-state index contributed by atoms with van der Waals surface area (Å²) in [6.45, 7) is 1.97. The second-order valence-electron chi connectivity index (χ2n) is 7.37. The summed E-state index contributed by atoms with van der Waals surface area (Å²) in [4.78, 5) is 37.2. The first-order chi connectivity index (χ1) is 12.5. The average Bonchev–Trinajstić information content (AvgIpc) is 2.99. The number of hydrogen-bond donors (Lipinski definition) is 2. The van der Waals surface area contributed by atoms with Gasteiger partial charge in [-0.3, -0.25) is 19.3 Å². The fourth-order valence-corrected chi connectivity index (χ4v) is 4.36. The molecule has 6 heteroatoms. The van der Waals surface area contributed by atoms with Crippen LogP contribution in [0.3, 0.4) is 0 Å². The number of carboxylic acids is 1. The number of carbonyl (C=O) groups is 3. The van der Waals surface area contributed by atoms with Gasteiger partial charge in [0.2, 0.25) is 5.91 Å². The molecule has 3 unspecified atom stereocenters. The first kappa shape index (κ1) is 18.6. The third kappa shape index (κ3) is 4.12. The molecule has 2 N–H and O–H groups in total. The normalized spacial score (nSPS) is 25.5. The van der Waals surface area contributed by atoms with Gasteiger partial charge in [-0.2, -0.15) is 0 Å². The molecule has 3 atom stereocenters. The summed E-state index contributed by atoms with van der Waals surface area (Å²) < 4.78 is 0. The highest BCUT2D eigenvalue weighted by atomic mass is 16.4. The number of ketones is 1. The van der Waals surface area contributed by atoms with Crippen LogP contribution in [0.5, 0.6) is 0 Å². The monoisotopic (exact) mass is 358 g/mol. The molecule has 0 spiro atoms. The predicted molar refractivity (Wildman–Crippen MR) is 98.2 cm³/mol. The third-order valence-corrected chi connectivity index (χ3v) is 5.68. The van der Waals surface area contributed by atoms with Crippen molar-refractivity contribution in [3.8, 4) is 0 Å². The molecule has 1 amide bonds. The second-order valence-corrected chi connectivity index (χ2v) is 7.37. The lowest BCUT2D eigenvalue weighted by molar-refractivity contribution is -0.143. The van der Waals surface area contributed by atoms with Crippen molar-refractivity contribution in [2.24, 2.45) is 5.92 Å². The van der Waals surface area contributed by atoms with Gasteiger partial charge in [-0.15, -0.1) is 0 Å². The van der Waals surface area contributed by atoms with E-state index in [2.05, 4.69) is 5.32 Å². The molecule has 26 heavy (non-hydrogen) atoms. The molecule has 1 aromatic rings. The molecule has 1 heterocycles. The number of benzene rings is 1. The number of rotatable bonds is 6. The number of carbonyl (C=O) groups excluding carboxylic acids is 2. The van der Waals surface area contributed by atoms with E-state index in [-0.39, 0.29) is 18.1 Å². The minimum absolute atomic E-state index is 0.0151. The van der Waals surface area contributed by atoms with Crippen molar-refractivity contribution in [2.45, 2.75) is 57.5 Å². The highest BCUT2D eigenvalue weighted by molar-refractivity contribution is 5.95. The zero-order valence-electron chi connectivity index (χ0n) is 15.1. The van der Waals surface area contributed by atoms with Crippen LogP contribution in [0.2, 0.25) is 0 Å². The molecule has 1 aliphatic carbocycles. The molecule has 1 saturated carbocycles. The highest BCUT2D eigenvalue weighted by Gasteiger charge is 2.44. The van der Waals surface area contributed by atoms with Gasteiger partial charge in [0.25, 0.3) is 0 Å². The Morgan fingerprint density at radius 3 is 2.50 bits per heavy atom. The number of carboxylic acid groups (broad SMARTS) is 1. The molecule has 1 aliphatic heterocycles. The summed E-state index contributed by atoms with van der Waals surface area (Å²) in [5, 5.41) is 12.4. The molecular weight excluding hydrogens is 332 g/mol. The van der Waals surface area contributed by atoms with Gasteiger partial charge in [-0.25, -0.2) is 0 Å². The summed E-state index contributed by atoms with van der Waals surface area (Å²) in [5.74, 6) is -0.478. The summed E-state index contributed by atoms with van der Waals surface area (Å²) in [7, 11) is 0. The number of likely N-dealkylation sites (tertiary alicyclic amines) is 1. The molecule has 6 nitrogen and oxygen atoms in total. The van der Waals surface area contributed by atoms with Crippen LogP contribution in [-0.4, -0.2) is 46.3 Å². The van der Waals surface area contributed by atoms with Crippen LogP contribution >= 0.6 is 0 Å². The molecule has 0 bridgehead atoms. The van der Waals surface area contributed by atoms with Gasteiger partial charge in [0.1, 0.15) is 6.04 Å². The Morgan fingerprint density at radius 2 is 1.85 bits per heavy atom. The number of fused-ring (bicyclic) bond motifs is 1. The van der Waals surface area contributed by atoms with Crippen LogP contribution in [0, 0.1) is 5.92 Å².